The summed E-state index contributed by atoms with van der Waals surface area (Å²) < 4.78 is 0. The number of hydrogen-bond donors (Lipinski definition) is 2. The molecule has 0 aliphatic rings. The van der Waals surface area contributed by atoms with E-state index in [0.29, 0.717) is 17.9 Å². The molecule has 0 amide bonds. The van der Waals surface area contributed by atoms with Gasteiger partial charge in [-0.3, -0.25) is 0 Å². The molecule has 3 heteroatoms. The Morgan fingerprint density at radius 1 is 1.29 bits per heavy atom. The topological polar surface area (TPSA) is 40.5 Å². The van der Waals surface area contributed by atoms with Crippen molar-refractivity contribution in [1.82, 2.24) is 0 Å². The van der Waals surface area contributed by atoms with E-state index in [1.807, 2.05) is 12.1 Å². The number of halogens is 1. The second-order valence-corrected chi connectivity index (χ2v) is 5.09. The average Bonchev–Trinajstić information content (AvgIpc) is 2.19. The van der Waals surface area contributed by atoms with E-state index in [9.17, 15) is 10.2 Å². The Balaban J connectivity index is 2.49. The van der Waals surface area contributed by atoms with Gasteiger partial charge in [-0.1, -0.05) is 35.6 Å². The molecule has 0 bridgehead atoms. The summed E-state index contributed by atoms with van der Waals surface area (Å²) in [6.45, 7) is 3.38. The van der Waals surface area contributed by atoms with E-state index in [1.165, 1.54) is 0 Å². The first-order valence-electron chi connectivity index (χ1n) is 5.50. The SMILES string of the molecule is CC(C)(O)CC#CC(O)Cc1ccc(Cl)cc1. The van der Waals surface area contributed by atoms with E-state index < -0.39 is 11.7 Å². The third kappa shape index (κ3) is 6.33. The van der Waals surface area contributed by atoms with Crippen LogP contribution in [0.1, 0.15) is 25.8 Å². The van der Waals surface area contributed by atoms with Crippen molar-refractivity contribution in [3.63, 3.8) is 0 Å². The Kier molecular flexibility index (Phi) is 5.02. The van der Waals surface area contributed by atoms with Crippen molar-refractivity contribution in [3.8, 4) is 11.8 Å². The number of aliphatic hydroxyl groups is 2. The van der Waals surface area contributed by atoms with Crippen molar-refractivity contribution < 1.29 is 10.2 Å². The van der Waals surface area contributed by atoms with Crippen molar-refractivity contribution >= 4 is 11.6 Å². The zero-order valence-electron chi connectivity index (χ0n) is 10.1. The molecule has 0 aliphatic heterocycles. The first-order valence-corrected chi connectivity index (χ1v) is 5.88. The maximum absolute atomic E-state index is 9.68. The van der Waals surface area contributed by atoms with E-state index in [0.717, 1.165) is 5.56 Å². The van der Waals surface area contributed by atoms with Gasteiger partial charge in [0.2, 0.25) is 0 Å². The fourth-order valence-corrected chi connectivity index (χ4v) is 1.41. The van der Waals surface area contributed by atoms with Gasteiger partial charge in [0, 0.05) is 17.9 Å². The minimum Gasteiger partial charge on any atom is -0.389 e. The summed E-state index contributed by atoms with van der Waals surface area (Å²) in [5.74, 6) is 5.50. The van der Waals surface area contributed by atoms with Crippen molar-refractivity contribution in [2.24, 2.45) is 0 Å². The summed E-state index contributed by atoms with van der Waals surface area (Å²) in [4.78, 5) is 0. The Morgan fingerprint density at radius 3 is 2.41 bits per heavy atom. The molecular weight excluding hydrogens is 236 g/mol. The molecular formula is C14H17ClO2. The molecule has 1 rings (SSSR count). The summed E-state index contributed by atoms with van der Waals surface area (Å²) >= 11 is 5.76. The molecule has 1 aromatic carbocycles. The van der Waals surface area contributed by atoms with Crippen LogP contribution in [0.15, 0.2) is 24.3 Å². The first kappa shape index (κ1) is 14.1. The van der Waals surface area contributed by atoms with Crippen LogP contribution in [-0.2, 0) is 6.42 Å². The number of rotatable bonds is 3. The largest absolute Gasteiger partial charge is 0.389 e. The van der Waals surface area contributed by atoms with E-state index in [-0.39, 0.29) is 0 Å². The molecule has 2 N–H and O–H groups in total. The number of aliphatic hydroxyl groups excluding tert-OH is 1. The minimum absolute atomic E-state index is 0.352. The highest BCUT2D eigenvalue weighted by Gasteiger charge is 2.09. The van der Waals surface area contributed by atoms with Gasteiger partial charge in [0.15, 0.2) is 0 Å². The fourth-order valence-electron chi connectivity index (χ4n) is 1.28. The van der Waals surface area contributed by atoms with E-state index in [2.05, 4.69) is 11.8 Å². The van der Waals surface area contributed by atoms with Gasteiger partial charge in [0.25, 0.3) is 0 Å². The van der Waals surface area contributed by atoms with Crippen molar-refractivity contribution in [3.05, 3.63) is 34.9 Å². The molecule has 0 aromatic heterocycles. The highest BCUT2D eigenvalue weighted by atomic mass is 35.5. The van der Waals surface area contributed by atoms with Crippen molar-refractivity contribution in [1.29, 1.82) is 0 Å². The van der Waals surface area contributed by atoms with Crippen LogP contribution in [-0.4, -0.2) is 21.9 Å². The van der Waals surface area contributed by atoms with Crippen LogP contribution in [0.5, 0.6) is 0 Å². The molecule has 92 valence electrons. The standard InChI is InChI=1S/C14H17ClO2/c1-14(2,17)9-3-4-13(16)10-11-5-7-12(15)8-6-11/h5-8,13,16-17H,9-10H2,1-2H3. The summed E-state index contributed by atoms with van der Waals surface area (Å²) in [7, 11) is 0. The van der Waals surface area contributed by atoms with Gasteiger partial charge >= 0.3 is 0 Å². The lowest BCUT2D eigenvalue weighted by atomic mass is 10.0. The van der Waals surface area contributed by atoms with Gasteiger partial charge in [0.05, 0.1) is 5.60 Å². The molecule has 0 spiro atoms. The zero-order valence-corrected chi connectivity index (χ0v) is 10.8. The van der Waals surface area contributed by atoms with Crippen molar-refractivity contribution in [2.75, 3.05) is 0 Å². The van der Waals surface area contributed by atoms with Crippen LogP contribution in [0.25, 0.3) is 0 Å². The Morgan fingerprint density at radius 2 is 1.88 bits per heavy atom. The maximum Gasteiger partial charge on any atom is 0.118 e. The number of benzene rings is 1. The van der Waals surface area contributed by atoms with E-state index in [1.54, 1.807) is 26.0 Å². The highest BCUT2D eigenvalue weighted by molar-refractivity contribution is 6.30. The van der Waals surface area contributed by atoms with E-state index in [4.69, 9.17) is 11.6 Å². The van der Waals surface area contributed by atoms with Gasteiger partial charge < -0.3 is 10.2 Å². The molecule has 2 nitrogen and oxygen atoms in total. The molecule has 1 atom stereocenters. The molecule has 0 radical (unpaired) electrons. The summed E-state index contributed by atoms with van der Waals surface area (Å²) in [5.41, 5.74) is 0.173. The Hall–Kier alpha value is -1.01. The molecule has 0 aliphatic carbocycles. The Bertz CT molecular complexity index is 407. The monoisotopic (exact) mass is 252 g/mol. The predicted molar refractivity (Wildman–Crippen MR) is 69.9 cm³/mol. The third-order valence-corrected chi connectivity index (χ3v) is 2.38. The molecule has 0 saturated heterocycles. The van der Waals surface area contributed by atoms with Gasteiger partial charge in [-0.05, 0) is 31.5 Å². The van der Waals surface area contributed by atoms with Crippen LogP contribution in [0.2, 0.25) is 5.02 Å². The van der Waals surface area contributed by atoms with Gasteiger partial charge in [-0.2, -0.15) is 0 Å². The van der Waals surface area contributed by atoms with Crippen LogP contribution < -0.4 is 0 Å². The first-order chi connectivity index (χ1) is 7.87. The molecule has 17 heavy (non-hydrogen) atoms. The lowest BCUT2D eigenvalue weighted by molar-refractivity contribution is 0.0861. The third-order valence-electron chi connectivity index (χ3n) is 2.13. The Labute approximate surface area is 107 Å². The van der Waals surface area contributed by atoms with Crippen LogP contribution in [0.3, 0.4) is 0 Å². The smallest absolute Gasteiger partial charge is 0.118 e. The molecule has 1 unspecified atom stereocenters. The predicted octanol–water partition coefficient (Wildman–Crippen LogP) is 2.41. The molecule has 0 fully saturated rings. The summed E-state index contributed by atoms with van der Waals surface area (Å²) in [6.07, 6.45) is 0.110. The fraction of sp³-hybridized carbons (Fsp3) is 0.429. The minimum atomic E-state index is -0.813. The zero-order chi connectivity index (χ0) is 12.9. The van der Waals surface area contributed by atoms with Gasteiger partial charge in [-0.25, -0.2) is 0 Å². The van der Waals surface area contributed by atoms with Gasteiger partial charge in [-0.15, -0.1) is 0 Å². The van der Waals surface area contributed by atoms with Crippen molar-refractivity contribution in [2.45, 2.75) is 38.4 Å². The number of hydrogen-bond acceptors (Lipinski definition) is 2. The van der Waals surface area contributed by atoms with Gasteiger partial charge in [0.1, 0.15) is 6.10 Å². The molecule has 0 heterocycles. The van der Waals surface area contributed by atoms with Crippen LogP contribution >= 0.6 is 11.6 Å². The lowest BCUT2D eigenvalue weighted by Crippen LogP contribution is -2.17. The summed E-state index contributed by atoms with van der Waals surface area (Å²) in [5, 5.41) is 19.8. The molecule has 1 aromatic rings. The second-order valence-electron chi connectivity index (χ2n) is 4.66. The second kappa shape index (κ2) is 6.07. The average molecular weight is 253 g/mol. The van der Waals surface area contributed by atoms with E-state index >= 15 is 0 Å². The molecule has 0 saturated carbocycles. The van der Waals surface area contributed by atoms with Crippen LogP contribution in [0.4, 0.5) is 0 Å². The van der Waals surface area contributed by atoms with Crippen LogP contribution in [0, 0.1) is 11.8 Å². The highest BCUT2D eigenvalue weighted by Crippen LogP contribution is 2.11. The summed E-state index contributed by atoms with van der Waals surface area (Å²) in [6, 6.07) is 7.30. The maximum atomic E-state index is 9.68. The lowest BCUT2D eigenvalue weighted by Gasteiger charge is -2.11. The quantitative estimate of drug-likeness (QED) is 0.811. The normalized spacial score (nSPS) is 12.8.